The number of rotatable bonds is 4. The van der Waals surface area contributed by atoms with Gasteiger partial charge in [-0.25, -0.2) is 8.42 Å². The van der Waals surface area contributed by atoms with Crippen molar-refractivity contribution in [3.05, 3.63) is 60.0 Å². The van der Waals surface area contributed by atoms with Crippen LogP contribution in [0.2, 0.25) is 0 Å². The van der Waals surface area contributed by atoms with Crippen LogP contribution in [0.5, 0.6) is 0 Å². The molecule has 0 unspecified atom stereocenters. The number of amides is 1. The fourth-order valence-electron chi connectivity index (χ4n) is 3.43. The van der Waals surface area contributed by atoms with Gasteiger partial charge in [0.05, 0.1) is 4.90 Å². The number of hydrogen-bond donors (Lipinski definition) is 1. The van der Waals surface area contributed by atoms with Gasteiger partial charge in [-0.05, 0) is 49.2 Å². The van der Waals surface area contributed by atoms with E-state index in [2.05, 4.69) is 10.2 Å². The van der Waals surface area contributed by atoms with E-state index in [1.165, 1.54) is 28.6 Å². The lowest BCUT2D eigenvalue weighted by atomic mass is 9.97. The standard InChI is InChI=1S/C18H19N5O3S/c19-17(24)13-4-6-15(7-5-13)27(25,26)22-11-8-14(9-12-22)18-21-20-16-3-1-2-10-23(16)18/h1-7,10,14H,8-9,11-12H2,(H2,19,24). The van der Waals surface area contributed by atoms with Crippen molar-refractivity contribution in [3.63, 3.8) is 0 Å². The molecule has 0 bridgehead atoms. The summed E-state index contributed by atoms with van der Waals surface area (Å²) in [5, 5.41) is 8.47. The van der Waals surface area contributed by atoms with Crippen molar-refractivity contribution in [2.24, 2.45) is 5.73 Å². The first kappa shape index (κ1) is 17.6. The molecule has 140 valence electrons. The molecule has 0 radical (unpaired) electrons. The number of pyridine rings is 1. The summed E-state index contributed by atoms with van der Waals surface area (Å²) in [6.45, 7) is 0.818. The molecule has 3 aromatic rings. The number of primary amides is 1. The maximum atomic E-state index is 12.9. The van der Waals surface area contributed by atoms with E-state index >= 15 is 0 Å². The Morgan fingerprint density at radius 1 is 1.04 bits per heavy atom. The van der Waals surface area contributed by atoms with E-state index in [0.717, 1.165) is 11.5 Å². The van der Waals surface area contributed by atoms with Crippen LogP contribution in [0.1, 0.15) is 34.9 Å². The summed E-state index contributed by atoms with van der Waals surface area (Å²) < 4.78 is 29.1. The van der Waals surface area contributed by atoms with Crippen molar-refractivity contribution in [2.45, 2.75) is 23.7 Å². The van der Waals surface area contributed by atoms with Crippen molar-refractivity contribution in [3.8, 4) is 0 Å². The lowest BCUT2D eigenvalue weighted by Crippen LogP contribution is -2.38. The maximum Gasteiger partial charge on any atom is 0.248 e. The number of aromatic nitrogens is 3. The van der Waals surface area contributed by atoms with Gasteiger partial charge in [0.15, 0.2) is 5.65 Å². The Balaban J connectivity index is 1.50. The molecule has 8 nitrogen and oxygen atoms in total. The number of carbonyl (C=O) groups is 1. The third-order valence-electron chi connectivity index (χ3n) is 4.94. The van der Waals surface area contributed by atoms with E-state index in [4.69, 9.17) is 5.73 Å². The third-order valence-corrected chi connectivity index (χ3v) is 6.85. The summed E-state index contributed by atoms with van der Waals surface area (Å²) in [4.78, 5) is 11.3. The number of piperidine rings is 1. The van der Waals surface area contributed by atoms with E-state index in [0.29, 0.717) is 25.9 Å². The average Bonchev–Trinajstić information content (AvgIpc) is 3.12. The molecule has 1 amide bonds. The summed E-state index contributed by atoms with van der Waals surface area (Å²) in [5.74, 6) is 0.444. The maximum absolute atomic E-state index is 12.9. The quantitative estimate of drug-likeness (QED) is 0.730. The highest BCUT2D eigenvalue weighted by Crippen LogP contribution is 2.30. The second kappa shape index (κ2) is 6.75. The smallest absolute Gasteiger partial charge is 0.248 e. The highest BCUT2D eigenvalue weighted by Gasteiger charge is 2.31. The number of nitrogens with two attached hydrogens (primary N) is 1. The fourth-order valence-corrected chi connectivity index (χ4v) is 4.90. The Morgan fingerprint density at radius 3 is 2.41 bits per heavy atom. The van der Waals surface area contributed by atoms with Gasteiger partial charge in [0.1, 0.15) is 5.82 Å². The molecular weight excluding hydrogens is 366 g/mol. The lowest BCUT2D eigenvalue weighted by Gasteiger charge is -2.30. The molecule has 9 heteroatoms. The van der Waals surface area contributed by atoms with Crippen molar-refractivity contribution in [1.29, 1.82) is 0 Å². The highest BCUT2D eigenvalue weighted by molar-refractivity contribution is 7.89. The van der Waals surface area contributed by atoms with Gasteiger partial charge in [0.2, 0.25) is 15.9 Å². The molecular formula is C18H19N5O3S. The van der Waals surface area contributed by atoms with Crippen molar-refractivity contribution in [1.82, 2.24) is 18.9 Å². The number of nitrogens with zero attached hydrogens (tertiary/aromatic N) is 4. The largest absolute Gasteiger partial charge is 0.366 e. The second-order valence-corrected chi connectivity index (χ2v) is 8.49. The SMILES string of the molecule is NC(=O)c1ccc(S(=O)(=O)N2CCC(c3nnc4ccccn34)CC2)cc1. The van der Waals surface area contributed by atoms with Crippen LogP contribution in [-0.2, 0) is 10.0 Å². The molecule has 1 aliphatic rings. The van der Waals surface area contributed by atoms with Gasteiger partial charge in [-0.3, -0.25) is 9.20 Å². The number of fused-ring (bicyclic) bond motifs is 1. The second-order valence-electron chi connectivity index (χ2n) is 6.55. The third kappa shape index (κ3) is 3.19. The van der Waals surface area contributed by atoms with Crippen molar-refractivity contribution in [2.75, 3.05) is 13.1 Å². The fraction of sp³-hybridized carbons (Fsp3) is 0.278. The van der Waals surface area contributed by atoms with Gasteiger partial charge in [0.25, 0.3) is 0 Å². The molecule has 1 aliphatic heterocycles. The van der Waals surface area contributed by atoms with E-state index < -0.39 is 15.9 Å². The van der Waals surface area contributed by atoms with Gasteiger partial charge in [-0.15, -0.1) is 10.2 Å². The molecule has 0 saturated carbocycles. The minimum absolute atomic E-state index is 0.158. The molecule has 1 saturated heterocycles. The Labute approximate surface area is 156 Å². The Kier molecular flexibility index (Phi) is 4.40. The molecule has 1 fully saturated rings. The van der Waals surface area contributed by atoms with Gasteiger partial charge < -0.3 is 5.73 Å². The minimum Gasteiger partial charge on any atom is -0.366 e. The molecule has 2 aromatic heterocycles. The van der Waals surface area contributed by atoms with Gasteiger partial charge >= 0.3 is 0 Å². The lowest BCUT2D eigenvalue weighted by molar-refractivity contribution is 0.1000. The molecule has 0 spiro atoms. The van der Waals surface area contributed by atoms with E-state index in [1.807, 2.05) is 28.8 Å². The summed E-state index contributed by atoms with van der Waals surface area (Å²) in [7, 11) is -3.60. The molecule has 3 heterocycles. The van der Waals surface area contributed by atoms with Crippen LogP contribution >= 0.6 is 0 Å². The first-order valence-corrected chi connectivity index (χ1v) is 10.1. The van der Waals surface area contributed by atoms with Crippen LogP contribution in [0.3, 0.4) is 0 Å². The van der Waals surface area contributed by atoms with Crippen LogP contribution < -0.4 is 5.73 Å². The van der Waals surface area contributed by atoms with Crippen LogP contribution in [0, 0.1) is 0 Å². The first-order chi connectivity index (χ1) is 13.0. The van der Waals surface area contributed by atoms with Crippen molar-refractivity contribution < 1.29 is 13.2 Å². The normalized spacial score (nSPS) is 16.6. The molecule has 0 aliphatic carbocycles. The highest BCUT2D eigenvalue weighted by atomic mass is 32.2. The first-order valence-electron chi connectivity index (χ1n) is 8.66. The Morgan fingerprint density at radius 2 is 1.74 bits per heavy atom. The zero-order valence-electron chi connectivity index (χ0n) is 14.5. The number of benzene rings is 1. The Bertz CT molecular complexity index is 1080. The van der Waals surface area contributed by atoms with E-state index in [9.17, 15) is 13.2 Å². The van der Waals surface area contributed by atoms with E-state index in [-0.39, 0.29) is 16.4 Å². The van der Waals surface area contributed by atoms with Crippen molar-refractivity contribution >= 4 is 21.6 Å². The van der Waals surface area contributed by atoms with Crippen LogP contribution in [-0.4, -0.2) is 46.3 Å². The van der Waals surface area contributed by atoms with Crippen LogP contribution in [0.25, 0.3) is 5.65 Å². The number of carbonyl (C=O) groups excluding carboxylic acids is 1. The van der Waals surface area contributed by atoms with Gasteiger partial charge in [0, 0.05) is 30.8 Å². The molecule has 1 aromatic carbocycles. The topological polar surface area (TPSA) is 111 Å². The Hall–Kier alpha value is -2.78. The molecule has 27 heavy (non-hydrogen) atoms. The predicted octanol–water partition coefficient (Wildman–Crippen LogP) is 1.40. The summed E-state index contributed by atoms with van der Waals surface area (Å²) in [5.41, 5.74) is 6.28. The van der Waals surface area contributed by atoms with Gasteiger partial charge in [-0.2, -0.15) is 4.31 Å². The monoisotopic (exact) mass is 385 g/mol. The minimum atomic E-state index is -3.60. The number of sulfonamides is 1. The van der Waals surface area contributed by atoms with E-state index in [1.54, 1.807) is 0 Å². The zero-order valence-corrected chi connectivity index (χ0v) is 15.3. The predicted molar refractivity (Wildman–Crippen MR) is 98.7 cm³/mol. The van der Waals surface area contributed by atoms with Crippen LogP contribution in [0.4, 0.5) is 0 Å². The van der Waals surface area contributed by atoms with Gasteiger partial charge in [-0.1, -0.05) is 6.07 Å². The summed E-state index contributed by atoms with van der Waals surface area (Å²) >= 11 is 0. The molecule has 0 atom stereocenters. The zero-order chi connectivity index (χ0) is 19.0. The average molecular weight is 385 g/mol. The molecule has 2 N–H and O–H groups in total. The number of hydrogen-bond acceptors (Lipinski definition) is 5. The van der Waals surface area contributed by atoms with Crippen LogP contribution in [0.15, 0.2) is 53.6 Å². The summed E-state index contributed by atoms with van der Waals surface area (Å²) in [6.07, 6.45) is 3.27. The summed E-state index contributed by atoms with van der Waals surface area (Å²) in [6, 6.07) is 11.4. The molecule has 4 rings (SSSR count).